The van der Waals surface area contributed by atoms with Crippen LogP contribution < -0.4 is 10.6 Å². The molecule has 2 atom stereocenters. The predicted molar refractivity (Wildman–Crippen MR) is 203 cm³/mol. The van der Waals surface area contributed by atoms with Gasteiger partial charge in [-0.05, 0) is 67.3 Å². The molecule has 1 saturated heterocycles. The number of carbonyl (C=O) groups excluding carboxylic acids is 4. The molecule has 4 N–H and O–H groups in total. The van der Waals surface area contributed by atoms with Gasteiger partial charge in [-0.25, -0.2) is 19.6 Å². The molecular formula is C40H43N9O6. The number of amides is 4. The van der Waals surface area contributed by atoms with Gasteiger partial charge in [0.25, 0.3) is 5.91 Å². The predicted octanol–water partition coefficient (Wildman–Crippen LogP) is 4.99. The van der Waals surface area contributed by atoms with Gasteiger partial charge in [-0.2, -0.15) is 5.10 Å². The van der Waals surface area contributed by atoms with Crippen molar-refractivity contribution in [2.24, 2.45) is 0 Å². The lowest BCUT2D eigenvalue weighted by atomic mass is 10.1. The van der Waals surface area contributed by atoms with Crippen molar-refractivity contribution in [1.82, 2.24) is 45.6 Å². The maximum Gasteiger partial charge on any atom is 0.407 e. The van der Waals surface area contributed by atoms with Crippen molar-refractivity contribution in [2.75, 3.05) is 33.9 Å². The number of likely N-dealkylation sites (tertiary alicyclic amines) is 1. The number of methoxy groups -OCH3 is 2. The summed E-state index contributed by atoms with van der Waals surface area (Å²) in [5, 5.41) is 12.6. The molecule has 284 valence electrons. The highest BCUT2D eigenvalue weighted by atomic mass is 16.5. The van der Waals surface area contributed by atoms with E-state index in [0.717, 1.165) is 47.0 Å². The minimum atomic E-state index is -0.906. The average molecular weight is 746 g/mol. The van der Waals surface area contributed by atoms with Crippen LogP contribution in [0, 0.1) is 11.8 Å². The van der Waals surface area contributed by atoms with E-state index in [4.69, 9.17) is 14.7 Å². The number of imidazole rings is 1. The Morgan fingerprint density at radius 1 is 0.964 bits per heavy atom. The number of carbonyl (C=O) groups is 4. The van der Waals surface area contributed by atoms with Crippen LogP contribution in [0.4, 0.5) is 9.59 Å². The zero-order chi connectivity index (χ0) is 38.7. The molecule has 6 rings (SSSR count). The molecule has 15 heteroatoms. The van der Waals surface area contributed by atoms with Crippen LogP contribution in [0.2, 0.25) is 0 Å². The molecule has 1 aliphatic rings. The number of rotatable bonds is 12. The fraction of sp³-hybridized carbons (Fsp3) is 0.325. The summed E-state index contributed by atoms with van der Waals surface area (Å²) >= 11 is 0. The quantitative estimate of drug-likeness (QED) is 0.128. The van der Waals surface area contributed by atoms with Crippen molar-refractivity contribution < 1.29 is 28.7 Å². The molecule has 55 heavy (non-hydrogen) atoms. The molecule has 0 saturated carbocycles. The first-order valence-electron chi connectivity index (χ1n) is 18.1. The summed E-state index contributed by atoms with van der Waals surface area (Å²) < 4.78 is 9.37. The average Bonchev–Trinajstić information content (AvgIpc) is 4.00. The summed E-state index contributed by atoms with van der Waals surface area (Å²) in [7, 11) is 2.52. The number of nitrogens with one attached hydrogen (secondary N) is 4. The van der Waals surface area contributed by atoms with Gasteiger partial charge in [-0.1, -0.05) is 55.5 Å². The Kier molecular flexibility index (Phi) is 12.4. The number of ether oxygens (including phenoxy) is 2. The van der Waals surface area contributed by atoms with Gasteiger partial charge in [0, 0.05) is 29.8 Å². The van der Waals surface area contributed by atoms with Gasteiger partial charge in [0.15, 0.2) is 5.82 Å². The zero-order valence-electron chi connectivity index (χ0n) is 30.9. The zero-order valence-corrected chi connectivity index (χ0v) is 30.9. The number of hydrogen-bond donors (Lipinski definition) is 4. The smallest absolute Gasteiger partial charge is 0.407 e. The number of hydrogen-bond acceptors (Lipinski definition) is 9. The number of nitrogens with zero attached hydrogens (tertiary/aromatic N) is 5. The van der Waals surface area contributed by atoms with Gasteiger partial charge in [0.1, 0.15) is 24.2 Å². The van der Waals surface area contributed by atoms with Crippen LogP contribution in [0.1, 0.15) is 73.0 Å². The fourth-order valence-electron chi connectivity index (χ4n) is 6.35. The standard InChI is InChI=1S/C40H43N9O6/c1-4-5-21-48(34(50)24-41-39(52)54-2)25-33-42-30-20-17-27(23-31(30)43-33)14-13-26-15-18-29(19-16-26)36-45-37(47-46-36)32-12-9-22-49(32)38(51)35(44-40(53)55-3)28-10-7-6-8-11-28/h6-8,10-11,15-20,23,32,35H,4-5,9,12,21-22,24-25H2,1-3H3,(H,41,52)(H,42,43)(H,44,53)(H,45,46,47)/t32-,35+/m0/s1. The van der Waals surface area contributed by atoms with Crippen molar-refractivity contribution in [2.45, 2.75) is 51.2 Å². The Morgan fingerprint density at radius 3 is 2.45 bits per heavy atom. The third-order valence-electron chi connectivity index (χ3n) is 9.25. The van der Waals surface area contributed by atoms with Crippen LogP contribution in [0.25, 0.3) is 22.4 Å². The van der Waals surface area contributed by atoms with Crippen LogP contribution in [0.5, 0.6) is 0 Å². The molecule has 3 heterocycles. The van der Waals surface area contributed by atoms with E-state index < -0.39 is 18.2 Å². The summed E-state index contributed by atoms with van der Waals surface area (Å²) in [6, 6.07) is 21.1. The van der Waals surface area contributed by atoms with Crippen molar-refractivity contribution in [3.63, 3.8) is 0 Å². The molecule has 0 unspecified atom stereocenters. The van der Waals surface area contributed by atoms with Crippen LogP contribution in [0.15, 0.2) is 72.8 Å². The fourth-order valence-corrected chi connectivity index (χ4v) is 6.35. The Labute approximate surface area is 318 Å². The minimum Gasteiger partial charge on any atom is -0.453 e. The summed E-state index contributed by atoms with van der Waals surface area (Å²) in [6.07, 6.45) is 1.87. The van der Waals surface area contributed by atoms with E-state index in [-0.39, 0.29) is 30.9 Å². The number of unbranched alkanes of at least 4 members (excludes halogenated alkanes) is 1. The maximum atomic E-state index is 13.8. The topological polar surface area (TPSA) is 188 Å². The number of benzene rings is 3. The Balaban J connectivity index is 1.11. The van der Waals surface area contributed by atoms with Crippen molar-refractivity contribution >= 4 is 35.0 Å². The van der Waals surface area contributed by atoms with Crippen LogP contribution in [-0.4, -0.2) is 92.8 Å². The first kappa shape index (κ1) is 38.0. The maximum absolute atomic E-state index is 13.8. The molecule has 1 aliphatic heterocycles. The van der Waals surface area contributed by atoms with Crippen molar-refractivity contribution in [1.29, 1.82) is 0 Å². The van der Waals surface area contributed by atoms with Crippen LogP contribution >= 0.6 is 0 Å². The number of fused-ring (bicyclic) bond motifs is 1. The Hall–Kier alpha value is -6.69. The molecule has 0 spiro atoms. The van der Waals surface area contributed by atoms with E-state index in [2.05, 4.69) is 42.4 Å². The Morgan fingerprint density at radius 2 is 1.71 bits per heavy atom. The monoisotopic (exact) mass is 745 g/mol. The number of H-pyrrole nitrogens is 2. The second kappa shape index (κ2) is 17.9. The van der Waals surface area contributed by atoms with E-state index in [1.165, 1.54) is 14.2 Å². The highest BCUT2D eigenvalue weighted by molar-refractivity contribution is 5.87. The van der Waals surface area contributed by atoms with E-state index in [9.17, 15) is 19.2 Å². The summed E-state index contributed by atoms with van der Waals surface area (Å²) in [6.45, 7) is 3.22. The van der Waals surface area contributed by atoms with E-state index in [0.29, 0.717) is 42.5 Å². The third-order valence-corrected chi connectivity index (χ3v) is 9.25. The van der Waals surface area contributed by atoms with Crippen LogP contribution in [-0.2, 0) is 25.6 Å². The van der Waals surface area contributed by atoms with Crippen molar-refractivity contribution in [3.05, 3.63) is 101 Å². The summed E-state index contributed by atoms with van der Waals surface area (Å²) in [5.41, 5.74) is 4.57. The molecule has 15 nitrogen and oxygen atoms in total. The van der Waals surface area contributed by atoms with Crippen molar-refractivity contribution in [3.8, 4) is 23.2 Å². The van der Waals surface area contributed by atoms with Gasteiger partial charge in [-0.3, -0.25) is 14.7 Å². The lowest BCUT2D eigenvalue weighted by Crippen LogP contribution is -2.42. The van der Waals surface area contributed by atoms with E-state index in [1.807, 2.05) is 67.6 Å². The molecule has 0 aliphatic carbocycles. The van der Waals surface area contributed by atoms with Gasteiger partial charge >= 0.3 is 12.2 Å². The number of aromatic amines is 2. The lowest BCUT2D eigenvalue weighted by molar-refractivity contribution is -0.134. The molecule has 2 aromatic heterocycles. The minimum absolute atomic E-state index is 0.160. The molecule has 0 bridgehead atoms. The lowest BCUT2D eigenvalue weighted by Gasteiger charge is -2.28. The van der Waals surface area contributed by atoms with E-state index >= 15 is 0 Å². The second-order valence-electron chi connectivity index (χ2n) is 13.0. The first-order valence-corrected chi connectivity index (χ1v) is 18.1. The third kappa shape index (κ3) is 9.46. The van der Waals surface area contributed by atoms with E-state index in [1.54, 1.807) is 21.9 Å². The first-order chi connectivity index (χ1) is 26.8. The SMILES string of the molecule is CCCCN(Cc1nc2cc(C#Cc3ccc(-c4n[nH]c([C@@H]5CCCN5C(=O)[C@H](NC(=O)OC)c5ccccc5)n4)cc3)ccc2[nH]1)C(=O)CNC(=O)OC. The Bertz CT molecular complexity index is 2190. The molecule has 3 aromatic carbocycles. The highest BCUT2D eigenvalue weighted by Crippen LogP contribution is 2.33. The molecule has 0 radical (unpaired) electrons. The molecular weight excluding hydrogens is 702 g/mol. The van der Waals surface area contributed by atoms with Crippen LogP contribution in [0.3, 0.4) is 0 Å². The molecule has 1 fully saturated rings. The second-order valence-corrected chi connectivity index (χ2v) is 13.0. The number of aromatic nitrogens is 5. The van der Waals surface area contributed by atoms with Gasteiger partial charge < -0.3 is 34.9 Å². The molecule has 4 amide bonds. The summed E-state index contributed by atoms with van der Waals surface area (Å²) in [4.78, 5) is 66.4. The summed E-state index contributed by atoms with van der Waals surface area (Å²) in [5.74, 6) is 7.63. The largest absolute Gasteiger partial charge is 0.453 e. The van der Waals surface area contributed by atoms with Gasteiger partial charge in [0.2, 0.25) is 5.91 Å². The molecule has 5 aromatic rings. The number of alkyl carbamates (subject to hydrolysis) is 2. The van der Waals surface area contributed by atoms with Gasteiger partial charge in [0.05, 0.1) is 37.8 Å². The highest BCUT2D eigenvalue weighted by Gasteiger charge is 2.37. The normalized spacial score (nSPS) is 14.1. The van der Waals surface area contributed by atoms with Gasteiger partial charge in [-0.15, -0.1) is 0 Å².